The van der Waals surface area contributed by atoms with Crippen LogP contribution in [0.5, 0.6) is 0 Å². The van der Waals surface area contributed by atoms with Crippen LogP contribution in [0.15, 0.2) is 0 Å². The Morgan fingerprint density at radius 3 is 2.43 bits per heavy atom. The molecule has 14 heavy (non-hydrogen) atoms. The molecule has 0 rings (SSSR count). The van der Waals surface area contributed by atoms with Crippen LogP contribution in [0.4, 0.5) is 0 Å². The summed E-state index contributed by atoms with van der Waals surface area (Å²) in [5, 5.41) is 0. The lowest BCUT2D eigenvalue weighted by atomic mass is 10.1. The first-order chi connectivity index (χ1) is 6.65. The molecule has 0 radical (unpaired) electrons. The van der Waals surface area contributed by atoms with E-state index in [1.54, 1.807) is 0 Å². The number of hydrogen-bond donors (Lipinski definition) is 0. The summed E-state index contributed by atoms with van der Waals surface area (Å²) in [4.78, 5) is 13.3. The summed E-state index contributed by atoms with van der Waals surface area (Å²) in [7, 11) is 1.44. The zero-order valence-corrected chi connectivity index (χ0v) is 9.88. The van der Waals surface area contributed by atoms with Crippen molar-refractivity contribution in [2.24, 2.45) is 0 Å². The number of nitrogens with zero attached hydrogens (tertiary/aromatic N) is 1. The Balaban J connectivity index is 4.05. The summed E-state index contributed by atoms with van der Waals surface area (Å²) >= 11 is 0. The number of esters is 1. The smallest absolute Gasteiger partial charge is 0.319 e. The predicted molar refractivity (Wildman–Crippen MR) is 58.3 cm³/mol. The van der Waals surface area contributed by atoms with Crippen LogP contribution in [0.1, 0.15) is 40.0 Å². The van der Waals surface area contributed by atoms with Crippen molar-refractivity contribution >= 4 is 5.97 Å². The highest BCUT2D eigenvalue weighted by Crippen LogP contribution is 2.07. The molecule has 0 heterocycles. The van der Waals surface area contributed by atoms with Gasteiger partial charge in [-0.25, -0.2) is 0 Å². The third-order valence-corrected chi connectivity index (χ3v) is 2.40. The molecular formula is C11H23NO2. The van der Waals surface area contributed by atoms with Gasteiger partial charge in [-0.05, 0) is 26.3 Å². The average molecular weight is 201 g/mol. The van der Waals surface area contributed by atoms with Crippen molar-refractivity contribution in [1.82, 2.24) is 4.90 Å². The maximum atomic E-state index is 11.1. The van der Waals surface area contributed by atoms with Crippen LogP contribution in [-0.4, -0.2) is 37.1 Å². The summed E-state index contributed by atoms with van der Waals surface area (Å²) in [6.07, 6.45) is 3.37. The Kier molecular flexibility index (Phi) is 7.48. The van der Waals surface area contributed by atoms with Gasteiger partial charge in [0.25, 0.3) is 0 Å². The molecule has 0 saturated heterocycles. The Morgan fingerprint density at radius 2 is 2.00 bits per heavy atom. The Morgan fingerprint density at radius 1 is 1.36 bits per heavy atom. The molecule has 0 aromatic heterocycles. The SMILES string of the molecule is CCCC(C)N(CCC)CC(=O)OC. The number of carbonyl (C=O) groups is 1. The Bertz CT molecular complexity index is 159. The average Bonchev–Trinajstić information content (AvgIpc) is 2.17. The molecule has 0 amide bonds. The topological polar surface area (TPSA) is 29.5 Å². The van der Waals surface area contributed by atoms with E-state index in [4.69, 9.17) is 0 Å². The van der Waals surface area contributed by atoms with Crippen molar-refractivity contribution in [1.29, 1.82) is 0 Å². The molecule has 3 nitrogen and oxygen atoms in total. The van der Waals surface area contributed by atoms with E-state index in [0.717, 1.165) is 25.8 Å². The van der Waals surface area contributed by atoms with E-state index in [1.807, 2.05) is 0 Å². The highest BCUT2D eigenvalue weighted by atomic mass is 16.5. The van der Waals surface area contributed by atoms with Crippen molar-refractivity contribution in [3.05, 3.63) is 0 Å². The minimum Gasteiger partial charge on any atom is -0.468 e. The second kappa shape index (κ2) is 7.80. The molecule has 0 fully saturated rings. The van der Waals surface area contributed by atoms with Crippen LogP contribution in [-0.2, 0) is 9.53 Å². The summed E-state index contributed by atoms with van der Waals surface area (Å²) in [6, 6.07) is 0.471. The highest BCUT2D eigenvalue weighted by molar-refractivity contribution is 5.71. The maximum Gasteiger partial charge on any atom is 0.319 e. The van der Waals surface area contributed by atoms with Gasteiger partial charge >= 0.3 is 5.97 Å². The zero-order chi connectivity index (χ0) is 11.0. The predicted octanol–water partition coefficient (Wildman–Crippen LogP) is 2.06. The van der Waals surface area contributed by atoms with Gasteiger partial charge in [0, 0.05) is 6.04 Å². The highest BCUT2D eigenvalue weighted by Gasteiger charge is 2.15. The number of ether oxygens (including phenoxy) is 1. The fourth-order valence-electron chi connectivity index (χ4n) is 1.57. The molecule has 0 spiro atoms. The van der Waals surface area contributed by atoms with Gasteiger partial charge in [-0.2, -0.15) is 0 Å². The summed E-state index contributed by atoms with van der Waals surface area (Å²) < 4.78 is 4.67. The van der Waals surface area contributed by atoms with E-state index in [1.165, 1.54) is 7.11 Å². The van der Waals surface area contributed by atoms with E-state index in [0.29, 0.717) is 12.6 Å². The molecule has 1 unspecified atom stereocenters. The van der Waals surface area contributed by atoms with Gasteiger partial charge in [0.2, 0.25) is 0 Å². The van der Waals surface area contributed by atoms with Crippen LogP contribution >= 0.6 is 0 Å². The molecule has 0 aliphatic carbocycles. The second-order valence-corrected chi connectivity index (χ2v) is 3.68. The van der Waals surface area contributed by atoms with E-state index in [9.17, 15) is 4.79 Å². The summed E-state index contributed by atoms with van der Waals surface area (Å²) in [6.45, 7) is 7.85. The van der Waals surface area contributed by atoms with Crippen LogP contribution in [0, 0.1) is 0 Å². The molecule has 0 aliphatic heterocycles. The third-order valence-electron chi connectivity index (χ3n) is 2.40. The van der Waals surface area contributed by atoms with Gasteiger partial charge in [-0.15, -0.1) is 0 Å². The maximum absolute atomic E-state index is 11.1. The number of hydrogen-bond acceptors (Lipinski definition) is 3. The van der Waals surface area contributed by atoms with Crippen molar-refractivity contribution in [3.8, 4) is 0 Å². The molecule has 0 N–H and O–H groups in total. The first-order valence-electron chi connectivity index (χ1n) is 5.46. The molecule has 0 aromatic rings. The molecule has 0 aromatic carbocycles. The van der Waals surface area contributed by atoms with Crippen molar-refractivity contribution in [3.63, 3.8) is 0 Å². The van der Waals surface area contributed by atoms with Crippen molar-refractivity contribution < 1.29 is 9.53 Å². The van der Waals surface area contributed by atoms with Gasteiger partial charge in [0.05, 0.1) is 13.7 Å². The van der Waals surface area contributed by atoms with Gasteiger partial charge in [0.1, 0.15) is 0 Å². The fourth-order valence-corrected chi connectivity index (χ4v) is 1.57. The van der Waals surface area contributed by atoms with E-state index < -0.39 is 0 Å². The minimum atomic E-state index is -0.138. The van der Waals surface area contributed by atoms with E-state index >= 15 is 0 Å². The molecule has 0 saturated carbocycles. The molecule has 0 bridgehead atoms. The van der Waals surface area contributed by atoms with E-state index in [-0.39, 0.29) is 5.97 Å². The number of rotatable bonds is 7. The number of methoxy groups -OCH3 is 1. The first kappa shape index (κ1) is 13.4. The van der Waals surface area contributed by atoms with E-state index in [2.05, 4.69) is 30.4 Å². The second-order valence-electron chi connectivity index (χ2n) is 3.68. The van der Waals surface area contributed by atoms with Gasteiger partial charge in [0.15, 0.2) is 0 Å². The Hall–Kier alpha value is -0.570. The zero-order valence-electron chi connectivity index (χ0n) is 9.88. The summed E-state index contributed by atoms with van der Waals surface area (Å²) in [5.41, 5.74) is 0. The lowest BCUT2D eigenvalue weighted by Crippen LogP contribution is -2.38. The standard InChI is InChI=1S/C11H23NO2/c1-5-7-10(3)12(8-6-2)9-11(13)14-4/h10H,5-9H2,1-4H3. The van der Waals surface area contributed by atoms with Gasteiger partial charge < -0.3 is 4.74 Å². The van der Waals surface area contributed by atoms with Crippen LogP contribution in [0.25, 0.3) is 0 Å². The lowest BCUT2D eigenvalue weighted by molar-refractivity contribution is -0.142. The Labute approximate surface area is 87.4 Å². The van der Waals surface area contributed by atoms with Crippen LogP contribution in [0.2, 0.25) is 0 Å². The molecular weight excluding hydrogens is 178 g/mol. The van der Waals surface area contributed by atoms with Crippen LogP contribution in [0.3, 0.4) is 0 Å². The van der Waals surface area contributed by atoms with Crippen molar-refractivity contribution in [2.45, 2.75) is 46.1 Å². The lowest BCUT2D eigenvalue weighted by Gasteiger charge is -2.27. The number of carbonyl (C=O) groups excluding carboxylic acids is 1. The van der Waals surface area contributed by atoms with Gasteiger partial charge in [-0.3, -0.25) is 9.69 Å². The largest absolute Gasteiger partial charge is 0.468 e. The van der Waals surface area contributed by atoms with Gasteiger partial charge in [-0.1, -0.05) is 20.3 Å². The molecule has 3 heteroatoms. The van der Waals surface area contributed by atoms with Crippen molar-refractivity contribution in [2.75, 3.05) is 20.2 Å². The molecule has 1 atom stereocenters. The minimum absolute atomic E-state index is 0.138. The first-order valence-corrected chi connectivity index (χ1v) is 5.46. The monoisotopic (exact) mass is 201 g/mol. The summed E-state index contributed by atoms with van der Waals surface area (Å²) in [5.74, 6) is -0.138. The molecule has 84 valence electrons. The fraction of sp³-hybridized carbons (Fsp3) is 0.909. The normalized spacial score (nSPS) is 12.9. The third kappa shape index (κ3) is 5.22. The quantitative estimate of drug-likeness (QED) is 0.590. The molecule has 0 aliphatic rings. The van der Waals surface area contributed by atoms with Crippen LogP contribution < -0.4 is 0 Å².